The number of piperidine rings is 1. The van der Waals surface area contributed by atoms with Crippen LogP contribution in [0.1, 0.15) is 60.3 Å². The Morgan fingerprint density at radius 3 is 2.65 bits per heavy atom. The second-order valence-corrected chi connectivity index (χ2v) is 8.78. The van der Waals surface area contributed by atoms with E-state index in [0.29, 0.717) is 0 Å². The zero-order valence-corrected chi connectivity index (χ0v) is 18.2. The van der Waals surface area contributed by atoms with Crippen molar-refractivity contribution >= 4 is 22.9 Å². The summed E-state index contributed by atoms with van der Waals surface area (Å²) in [7, 11) is 0. The molecule has 0 spiro atoms. The lowest BCUT2D eigenvalue weighted by Crippen LogP contribution is -2.43. The van der Waals surface area contributed by atoms with Crippen molar-refractivity contribution in [3.05, 3.63) is 28.9 Å². The topological polar surface area (TPSA) is 19.4 Å². The summed E-state index contributed by atoms with van der Waals surface area (Å²) in [6.45, 7) is 16.2. The zero-order chi connectivity index (χ0) is 18.9. The quantitative estimate of drug-likeness (QED) is 0.642. The zero-order valence-electron chi connectivity index (χ0n) is 17.4. The second kappa shape index (κ2) is 11.1. The minimum absolute atomic E-state index is 0.765. The highest BCUT2D eigenvalue weighted by molar-refractivity contribution is 8.05. The van der Waals surface area contributed by atoms with Crippen LogP contribution in [0.5, 0.6) is 0 Å². The molecule has 0 aliphatic carbocycles. The fourth-order valence-corrected chi connectivity index (χ4v) is 4.79. The van der Waals surface area contributed by atoms with Crippen LogP contribution in [0.2, 0.25) is 0 Å². The van der Waals surface area contributed by atoms with Crippen molar-refractivity contribution in [1.29, 1.82) is 0 Å². The number of aromatic nitrogens is 1. The highest BCUT2D eigenvalue weighted by Crippen LogP contribution is 2.28. The molecule has 1 aromatic rings. The van der Waals surface area contributed by atoms with Gasteiger partial charge in [-0.3, -0.25) is 4.98 Å². The van der Waals surface area contributed by atoms with Crippen LogP contribution in [0.3, 0.4) is 0 Å². The highest BCUT2D eigenvalue weighted by Gasteiger charge is 2.24. The fraction of sp³-hybridized carbons (Fsp3) is 0.682. The molecule has 146 valence electrons. The molecule has 3 nitrogen and oxygen atoms in total. The van der Waals surface area contributed by atoms with Gasteiger partial charge in [0.05, 0.1) is 0 Å². The highest BCUT2D eigenvalue weighted by atomic mass is 32.2. The molecule has 0 amide bonds. The van der Waals surface area contributed by atoms with Crippen LogP contribution in [0, 0.1) is 5.92 Å². The first kappa shape index (κ1) is 21.5. The molecule has 4 heteroatoms. The average Bonchev–Trinajstić information content (AvgIpc) is 2.67. The normalized spacial score (nSPS) is 18.8. The summed E-state index contributed by atoms with van der Waals surface area (Å²) < 4.78 is 2.57. The van der Waals surface area contributed by atoms with E-state index in [4.69, 9.17) is 0 Å². The number of pyridine rings is 1. The van der Waals surface area contributed by atoms with Gasteiger partial charge >= 0.3 is 0 Å². The Morgan fingerprint density at radius 1 is 1.35 bits per heavy atom. The van der Waals surface area contributed by atoms with E-state index in [1.807, 2.05) is 24.3 Å². The van der Waals surface area contributed by atoms with Gasteiger partial charge in [-0.25, -0.2) is 4.31 Å². The standard InChI is InChI=1S/C22H37N3S/c1-6-19-17-23-13-9-21(19)22(7-2)26-25-15-11-20(12-16-25)24(8-3)14-10-18(4)5/h6,9,13,17-18,20H,7-8,10-12,14-16H2,1-5H3/b19-6-,22-21+. The molecule has 2 heterocycles. The van der Waals surface area contributed by atoms with Gasteiger partial charge in [0.25, 0.3) is 0 Å². The lowest BCUT2D eigenvalue weighted by atomic mass is 10.0. The predicted octanol–water partition coefficient (Wildman–Crippen LogP) is 3.88. The summed E-state index contributed by atoms with van der Waals surface area (Å²) in [5, 5.41) is 2.60. The minimum atomic E-state index is 0.765. The van der Waals surface area contributed by atoms with Crippen molar-refractivity contribution in [2.75, 3.05) is 26.2 Å². The summed E-state index contributed by atoms with van der Waals surface area (Å²) in [6.07, 6.45) is 11.0. The van der Waals surface area contributed by atoms with Gasteiger partial charge in [-0.1, -0.05) is 33.8 Å². The maximum Gasteiger partial charge on any atom is 0.0343 e. The SMILES string of the molecule is C/C=c1/cncc/c1=C(/CC)SN1CCC(N(CC)CCC(C)C)CC1. The van der Waals surface area contributed by atoms with Gasteiger partial charge in [0.15, 0.2) is 0 Å². The van der Waals surface area contributed by atoms with Gasteiger partial charge < -0.3 is 4.90 Å². The largest absolute Gasteiger partial charge is 0.301 e. The molecule has 1 aliphatic heterocycles. The maximum atomic E-state index is 4.28. The molecule has 0 radical (unpaired) electrons. The second-order valence-electron chi connectivity index (χ2n) is 7.59. The summed E-state index contributed by atoms with van der Waals surface area (Å²) in [5.74, 6) is 0.798. The molecule has 0 unspecified atom stereocenters. The van der Waals surface area contributed by atoms with Gasteiger partial charge in [0, 0.05) is 36.4 Å². The fourth-order valence-electron chi connectivity index (χ4n) is 3.67. The third kappa shape index (κ3) is 6.11. The first-order valence-electron chi connectivity index (χ1n) is 10.4. The van der Waals surface area contributed by atoms with E-state index in [1.165, 1.54) is 60.8 Å². The van der Waals surface area contributed by atoms with Crippen molar-refractivity contribution in [1.82, 2.24) is 14.2 Å². The van der Waals surface area contributed by atoms with E-state index < -0.39 is 0 Å². The predicted molar refractivity (Wildman–Crippen MR) is 116 cm³/mol. The Hall–Kier alpha value is -0.840. The first-order chi connectivity index (χ1) is 12.6. The molecule has 26 heavy (non-hydrogen) atoms. The third-order valence-electron chi connectivity index (χ3n) is 5.36. The van der Waals surface area contributed by atoms with Gasteiger partial charge in [0.2, 0.25) is 0 Å². The number of hydrogen-bond donors (Lipinski definition) is 0. The van der Waals surface area contributed by atoms with Crippen LogP contribution in [0.4, 0.5) is 0 Å². The van der Waals surface area contributed by atoms with E-state index in [-0.39, 0.29) is 0 Å². The van der Waals surface area contributed by atoms with Crippen molar-refractivity contribution in [2.24, 2.45) is 5.92 Å². The van der Waals surface area contributed by atoms with Gasteiger partial charge in [-0.05, 0) is 80.1 Å². The lowest BCUT2D eigenvalue weighted by Gasteiger charge is -2.38. The van der Waals surface area contributed by atoms with Crippen molar-refractivity contribution < 1.29 is 0 Å². The number of nitrogens with zero attached hydrogens (tertiary/aromatic N) is 3. The van der Waals surface area contributed by atoms with Crippen molar-refractivity contribution in [2.45, 2.75) is 66.3 Å². The van der Waals surface area contributed by atoms with Gasteiger partial charge in [-0.15, -0.1) is 0 Å². The van der Waals surface area contributed by atoms with Crippen molar-refractivity contribution in [3.63, 3.8) is 0 Å². The average molecular weight is 376 g/mol. The molecule has 1 aromatic heterocycles. The first-order valence-corrected chi connectivity index (χ1v) is 11.1. The van der Waals surface area contributed by atoms with Crippen LogP contribution in [0.15, 0.2) is 18.5 Å². The van der Waals surface area contributed by atoms with E-state index in [0.717, 1.165) is 18.4 Å². The molecule has 0 atom stereocenters. The molecular weight excluding hydrogens is 338 g/mol. The molecule has 0 N–H and O–H groups in total. The van der Waals surface area contributed by atoms with E-state index >= 15 is 0 Å². The molecule has 0 saturated carbocycles. The van der Waals surface area contributed by atoms with Crippen LogP contribution < -0.4 is 10.4 Å². The summed E-state index contributed by atoms with van der Waals surface area (Å²) in [4.78, 5) is 8.45. The third-order valence-corrected chi connectivity index (χ3v) is 6.72. The monoisotopic (exact) mass is 375 g/mol. The maximum absolute atomic E-state index is 4.28. The molecular formula is C22H37N3S. The smallest absolute Gasteiger partial charge is 0.0343 e. The Kier molecular flexibility index (Phi) is 9.17. The van der Waals surface area contributed by atoms with E-state index in [2.05, 4.69) is 61.0 Å². The van der Waals surface area contributed by atoms with E-state index in [9.17, 15) is 0 Å². The molecule has 1 saturated heterocycles. The van der Waals surface area contributed by atoms with E-state index in [1.54, 1.807) is 0 Å². The molecule has 1 aliphatic rings. The minimum Gasteiger partial charge on any atom is -0.301 e. The Morgan fingerprint density at radius 2 is 2.08 bits per heavy atom. The van der Waals surface area contributed by atoms with Gasteiger partial charge in [-0.2, -0.15) is 0 Å². The molecule has 0 bridgehead atoms. The summed E-state index contributed by atoms with van der Waals surface area (Å²) in [5.41, 5.74) is 0. The Balaban J connectivity index is 1.99. The molecule has 1 fully saturated rings. The Bertz CT molecular complexity index is 648. The van der Waals surface area contributed by atoms with Crippen LogP contribution in [-0.4, -0.2) is 46.4 Å². The van der Waals surface area contributed by atoms with Crippen LogP contribution in [0.25, 0.3) is 11.0 Å². The van der Waals surface area contributed by atoms with Crippen LogP contribution >= 0.6 is 11.9 Å². The number of hydrogen-bond acceptors (Lipinski definition) is 4. The van der Waals surface area contributed by atoms with Crippen molar-refractivity contribution in [3.8, 4) is 0 Å². The van der Waals surface area contributed by atoms with Crippen LogP contribution in [-0.2, 0) is 0 Å². The lowest BCUT2D eigenvalue weighted by molar-refractivity contribution is 0.143. The summed E-state index contributed by atoms with van der Waals surface area (Å²) in [6, 6.07) is 2.93. The molecule has 0 aromatic carbocycles. The molecule has 2 rings (SSSR count). The summed E-state index contributed by atoms with van der Waals surface area (Å²) >= 11 is 1.97. The Labute approximate surface area is 164 Å². The number of rotatable bonds is 8. The van der Waals surface area contributed by atoms with Gasteiger partial charge in [0.1, 0.15) is 0 Å².